The van der Waals surface area contributed by atoms with E-state index in [1.807, 2.05) is 19.1 Å². The third-order valence-electron chi connectivity index (χ3n) is 4.54. The van der Waals surface area contributed by atoms with E-state index < -0.39 is 0 Å². The van der Waals surface area contributed by atoms with Crippen LogP contribution in [-0.4, -0.2) is 24.1 Å². The Bertz CT molecular complexity index is 667. The van der Waals surface area contributed by atoms with Gasteiger partial charge in [-0.15, -0.1) is 0 Å². The summed E-state index contributed by atoms with van der Waals surface area (Å²) in [6, 6.07) is 8.51. The number of aromatic nitrogens is 2. The molecular formula is C18H23N3O. The second kappa shape index (κ2) is 5.95. The summed E-state index contributed by atoms with van der Waals surface area (Å²) < 4.78 is 5.24. The number of benzene rings is 1. The van der Waals surface area contributed by atoms with Crippen LogP contribution in [0.1, 0.15) is 42.0 Å². The normalized spacial score (nSPS) is 14.5. The Morgan fingerprint density at radius 2 is 1.86 bits per heavy atom. The quantitative estimate of drug-likeness (QED) is 0.866. The molecule has 0 fully saturated rings. The van der Waals surface area contributed by atoms with Crippen LogP contribution in [-0.2, 0) is 12.8 Å². The largest absolute Gasteiger partial charge is 0.497 e. The summed E-state index contributed by atoms with van der Waals surface area (Å²) in [5, 5.41) is 0. The van der Waals surface area contributed by atoms with Crippen molar-refractivity contribution in [2.24, 2.45) is 0 Å². The molecule has 0 saturated heterocycles. The Balaban J connectivity index is 1.91. The minimum Gasteiger partial charge on any atom is -0.497 e. The molecule has 0 spiro atoms. The van der Waals surface area contributed by atoms with Crippen molar-refractivity contribution in [1.29, 1.82) is 0 Å². The molecular weight excluding hydrogens is 274 g/mol. The molecule has 0 unspecified atom stereocenters. The lowest BCUT2D eigenvalue weighted by Crippen LogP contribution is -2.24. The van der Waals surface area contributed by atoms with E-state index in [2.05, 4.69) is 36.0 Å². The van der Waals surface area contributed by atoms with E-state index in [1.165, 1.54) is 23.2 Å². The average Bonchev–Trinajstić information content (AvgIpc) is 3.01. The van der Waals surface area contributed by atoms with E-state index in [-0.39, 0.29) is 6.04 Å². The first-order valence-electron chi connectivity index (χ1n) is 7.83. The number of anilines is 1. The first-order chi connectivity index (χ1) is 10.6. The molecule has 0 amide bonds. The summed E-state index contributed by atoms with van der Waals surface area (Å²) in [4.78, 5) is 11.6. The predicted molar refractivity (Wildman–Crippen MR) is 88.6 cm³/mol. The average molecular weight is 297 g/mol. The van der Waals surface area contributed by atoms with Crippen LogP contribution < -0.4 is 9.64 Å². The van der Waals surface area contributed by atoms with Crippen molar-refractivity contribution in [3.8, 4) is 5.75 Å². The van der Waals surface area contributed by atoms with Gasteiger partial charge in [-0.25, -0.2) is 9.97 Å². The first kappa shape index (κ1) is 14.8. The number of hydrogen-bond acceptors (Lipinski definition) is 4. The highest BCUT2D eigenvalue weighted by Gasteiger charge is 2.23. The Hall–Kier alpha value is -2.10. The van der Waals surface area contributed by atoms with Gasteiger partial charge in [0.15, 0.2) is 0 Å². The summed E-state index contributed by atoms with van der Waals surface area (Å²) in [7, 11) is 3.81. The van der Waals surface area contributed by atoms with Gasteiger partial charge in [0.25, 0.3) is 0 Å². The maximum absolute atomic E-state index is 5.24. The second-order valence-electron chi connectivity index (χ2n) is 5.93. The zero-order valence-electron chi connectivity index (χ0n) is 13.8. The van der Waals surface area contributed by atoms with E-state index in [1.54, 1.807) is 7.11 Å². The van der Waals surface area contributed by atoms with Gasteiger partial charge in [-0.2, -0.15) is 0 Å². The predicted octanol–water partition coefficient (Wildman–Crippen LogP) is 3.48. The smallest absolute Gasteiger partial charge is 0.136 e. The molecule has 1 heterocycles. The topological polar surface area (TPSA) is 38.2 Å². The number of fused-ring (bicyclic) bond motifs is 1. The molecule has 0 aliphatic heterocycles. The van der Waals surface area contributed by atoms with Crippen LogP contribution in [0.3, 0.4) is 0 Å². The Kier molecular flexibility index (Phi) is 4.01. The molecule has 3 rings (SSSR count). The highest BCUT2D eigenvalue weighted by atomic mass is 16.5. The third kappa shape index (κ3) is 2.65. The number of aryl methyl sites for hydroxylation is 2. The highest BCUT2D eigenvalue weighted by molar-refractivity contribution is 5.52. The van der Waals surface area contributed by atoms with Crippen LogP contribution in [0.15, 0.2) is 24.3 Å². The number of ether oxygens (including phenoxy) is 1. The van der Waals surface area contributed by atoms with Crippen LogP contribution in [0, 0.1) is 6.92 Å². The van der Waals surface area contributed by atoms with E-state index in [0.29, 0.717) is 0 Å². The number of rotatable bonds is 4. The van der Waals surface area contributed by atoms with Crippen LogP contribution in [0.5, 0.6) is 5.75 Å². The SMILES string of the molecule is COc1ccc([C@@H](C)N(C)c2nc(C)nc3c2CCC3)cc1. The third-order valence-corrected chi connectivity index (χ3v) is 4.54. The summed E-state index contributed by atoms with van der Waals surface area (Å²) in [5.41, 5.74) is 3.82. The van der Waals surface area contributed by atoms with Crippen LogP contribution in [0.25, 0.3) is 0 Å². The molecule has 1 aromatic carbocycles. The van der Waals surface area contributed by atoms with Gasteiger partial charge in [0.05, 0.1) is 13.2 Å². The van der Waals surface area contributed by atoms with Crippen molar-refractivity contribution in [3.63, 3.8) is 0 Å². The number of methoxy groups -OCH3 is 1. The Morgan fingerprint density at radius 3 is 2.55 bits per heavy atom. The fourth-order valence-corrected chi connectivity index (χ4v) is 3.11. The van der Waals surface area contributed by atoms with E-state index >= 15 is 0 Å². The lowest BCUT2D eigenvalue weighted by molar-refractivity contribution is 0.414. The van der Waals surface area contributed by atoms with Gasteiger partial charge in [0.1, 0.15) is 17.4 Å². The molecule has 1 atom stereocenters. The van der Waals surface area contributed by atoms with Crippen molar-refractivity contribution >= 4 is 5.82 Å². The fourth-order valence-electron chi connectivity index (χ4n) is 3.11. The molecule has 4 heteroatoms. The van der Waals surface area contributed by atoms with Gasteiger partial charge in [0, 0.05) is 18.3 Å². The zero-order chi connectivity index (χ0) is 15.7. The maximum atomic E-state index is 5.24. The maximum Gasteiger partial charge on any atom is 0.136 e. The molecule has 1 aromatic heterocycles. The van der Waals surface area contributed by atoms with Gasteiger partial charge in [0.2, 0.25) is 0 Å². The summed E-state index contributed by atoms with van der Waals surface area (Å²) in [5.74, 6) is 2.84. The minimum absolute atomic E-state index is 0.255. The molecule has 4 nitrogen and oxygen atoms in total. The van der Waals surface area contributed by atoms with E-state index in [9.17, 15) is 0 Å². The van der Waals surface area contributed by atoms with Gasteiger partial charge in [-0.05, 0) is 50.8 Å². The molecule has 1 aliphatic rings. The molecule has 0 saturated carbocycles. The molecule has 116 valence electrons. The highest BCUT2D eigenvalue weighted by Crippen LogP contribution is 2.32. The Labute approximate surface area is 132 Å². The number of nitrogens with zero attached hydrogens (tertiary/aromatic N) is 3. The summed E-state index contributed by atoms with van der Waals surface area (Å²) in [6.07, 6.45) is 3.35. The minimum atomic E-state index is 0.255. The number of hydrogen-bond donors (Lipinski definition) is 0. The molecule has 0 N–H and O–H groups in total. The lowest BCUT2D eigenvalue weighted by Gasteiger charge is -2.28. The second-order valence-corrected chi connectivity index (χ2v) is 5.93. The van der Waals surface area contributed by atoms with Crippen LogP contribution >= 0.6 is 0 Å². The molecule has 22 heavy (non-hydrogen) atoms. The first-order valence-corrected chi connectivity index (χ1v) is 7.83. The van der Waals surface area contributed by atoms with Gasteiger partial charge < -0.3 is 9.64 Å². The zero-order valence-corrected chi connectivity index (χ0v) is 13.8. The van der Waals surface area contributed by atoms with Crippen molar-refractivity contribution in [1.82, 2.24) is 9.97 Å². The fraction of sp³-hybridized carbons (Fsp3) is 0.444. The molecule has 0 bridgehead atoms. The van der Waals surface area contributed by atoms with Crippen molar-refractivity contribution in [2.45, 2.75) is 39.2 Å². The van der Waals surface area contributed by atoms with Crippen LogP contribution in [0.4, 0.5) is 5.82 Å². The molecule has 0 radical (unpaired) electrons. The van der Waals surface area contributed by atoms with Gasteiger partial charge in [-0.1, -0.05) is 12.1 Å². The van der Waals surface area contributed by atoms with E-state index in [4.69, 9.17) is 9.72 Å². The van der Waals surface area contributed by atoms with Crippen molar-refractivity contribution in [2.75, 3.05) is 19.1 Å². The standard InChI is InChI=1S/C18H23N3O/c1-12(14-8-10-15(22-4)11-9-14)21(3)18-16-6-5-7-17(16)19-13(2)20-18/h8-12H,5-7H2,1-4H3/t12-/m1/s1. The van der Waals surface area contributed by atoms with Crippen molar-refractivity contribution < 1.29 is 4.74 Å². The monoisotopic (exact) mass is 297 g/mol. The van der Waals surface area contributed by atoms with Crippen LogP contribution in [0.2, 0.25) is 0 Å². The lowest BCUT2D eigenvalue weighted by atomic mass is 10.1. The Morgan fingerprint density at radius 1 is 1.14 bits per heavy atom. The van der Waals surface area contributed by atoms with Gasteiger partial charge in [-0.3, -0.25) is 0 Å². The molecule has 1 aliphatic carbocycles. The molecule has 2 aromatic rings. The summed E-state index contributed by atoms with van der Waals surface area (Å²) in [6.45, 7) is 4.19. The van der Waals surface area contributed by atoms with E-state index in [0.717, 1.165) is 30.2 Å². The summed E-state index contributed by atoms with van der Waals surface area (Å²) >= 11 is 0. The van der Waals surface area contributed by atoms with Crippen molar-refractivity contribution in [3.05, 3.63) is 46.9 Å². The van der Waals surface area contributed by atoms with Gasteiger partial charge >= 0.3 is 0 Å².